The molecule has 0 N–H and O–H groups in total. The summed E-state index contributed by atoms with van der Waals surface area (Å²) in [6.45, 7) is 0. The van der Waals surface area contributed by atoms with E-state index in [9.17, 15) is 0 Å². The van der Waals surface area contributed by atoms with Crippen molar-refractivity contribution in [2.75, 3.05) is 0 Å². The zero-order valence-electron chi connectivity index (χ0n) is 30.4. The maximum absolute atomic E-state index is 5.13. The third-order valence-electron chi connectivity index (χ3n) is 11.1. The Balaban J connectivity index is 1.06. The highest BCUT2D eigenvalue weighted by atomic mass is 32.1. The van der Waals surface area contributed by atoms with E-state index in [4.69, 9.17) is 15.0 Å². The summed E-state index contributed by atoms with van der Waals surface area (Å²) in [4.78, 5) is 15.2. The van der Waals surface area contributed by atoms with Crippen molar-refractivity contribution in [3.05, 3.63) is 182 Å². The molecule has 0 amide bonds. The average molecular weight is 763 g/mol. The summed E-state index contributed by atoms with van der Waals surface area (Å²) in [6.07, 6.45) is 0. The quantitative estimate of drug-likeness (QED) is 0.175. The molecule has 57 heavy (non-hydrogen) atoms. The summed E-state index contributed by atoms with van der Waals surface area (Å²) in [5.74, 6) is 1.99. The molecule has 0 aliphatic rings. The largest absolute Gasteiger partial charge is 0.309 e. The molecule has 8 aromatic carbocycles. The first-order valence-electron chi connectivity index (χ1n) is 19.0. The molecule has 6 heteroatoms. The summed E-state index contributed by atoms with van der Waals surface area (Å²) < 4.78 is 7.42. The van der Waals surface area contributed by atoms with Crippen molar-refractivity contribution in [2.24, 2.45) is 0 Å². The van der Waals surface area contributed by atoms with Crippen LogP contribution in [-0.2, 0) is 0 Å². The monoisotopic (exact) mass is 762 g/mol. The number of aromatic nitrogens is 4. The lowest BCUT2D eigenvalue weighted by Crippen LogP contribution is -2.00. The van der Waals surface area contributed by atoms with Crippen LogP contribution in [0.5, 0.6) is 0 Å². The lowest BCUT2D eigenvalue weighted by atomic mass is 9.97. The number of hydrogen-bond acceptors (Lipinski definition) is 5. The van der Waals surface area contributed by atoms with Crippen molar-refractivity contribution in [1.29, 1.82) is 0 Å². The van der Waals surface area contributed by atoms with Crippen molar-refractivity contribution in [3.8, 4) is 51.0 Å². The first kappa shape index (κ1) is 32.3. The predicted molar refractivity (Wildman–Crippen MR) is 242 cm³/mol. The van der Waals surface area contributed by atoms with Crippen LogP contribution in [0, 0.1) is 0 Å². The van der Waals surface area contributed by atoms with Gasteiger partial charge in [0.25, 0.3) is 0 Å². The zero-order valence-corrected chi connectivity index (χ0v) is 32.1. The van der Waals surface area contributed by atoms with E-state index >= 15 is 0 Å². The van der Waals surface area contributed by atoms with Gasteiger partial charge in [0, 0.05) is 73.5 Å². The van der Waals surface area contributed by atoms with Gasteiger partial charge in [0.15, 0.2) is 17.5 Å². The smallest absolute Gasteiger partial charge is 0.164 e. The molecule has 0 bridgehead atoms. The summed E-state index contributed by atoms with van der Waals surface area (Å²) in [6, 6.07) is 65.0. The Bertz CT molecular complexity index is 3410. The Morgan fingerprint density at radius 1 is 0.333 bits per heavy atom. The zero-order chi connectivity index (χ0) is 37.5. The Morgan fingerprint density at radius 2 is 0.842 bits per heavy atom. The Labute approximate surface area is 335 Å². The van der Waals surface area contributed by atoms with Crippen molar-refractivity contribution < 1.29 is 0 Å². The average Bonchev–Trinajstić information content (AvgIpc) is 3.96. The fraction of sp³-hybridized carbons (Fsp3) is 0. The maximum Gasteiger partial charge on any atom is 0.164 e. The molecule has 0 unspecified atom stereocenters. The number of hydrogen-bond donors (Lipinski definition) is 0. The van der Waals surface area contributed by atoms with Gasteiger partial charge in [-0.15, -0.1) is 22.7 Å². The van der Waals surface area contributed by atoms with Crippen molar-refractivity contribution >= 4 is 84.8 Å². The van der Waals surface area contributed by atoms with E-state index in [1.165, 1.54) is 79.0 Å². The molecule has 0 spiro atoms. The highest BCUT2D eigenvalue weighted by Gasteiger charge is 2.19. The third-order valence-corrected chi connectivity index (χ3v) is 13.3. The first-order chi connectivity index (χ1) is 28.2. The second-order valence-electron chi connectivity index (χ2n) is 14.4. The van der Waals surface area contributed by atoms with E-state index in [1.54, 1.807) is 0 Å². The van der Waals surface area contributed by atoms with Gasteiger partial charge >= 0.3 is 0 Å². The van der Waals surface area contributed by atoms with Gasteiger partial charge in [-0.1, -0.05) is 127 Å². The number of fused-ring (bicyclic) bond motifs is 9. The van der Waals surface area contributed by atoms with E-state index in [2.05, 4.69) is 150 Å². The molecule has 4 nitrogen and oxygen atoms in total. The van der Waals surface area contributed by atoms with Crippen molar-refractivity contribution in [3.63, 3.8) is 0 Å². The van der Waals surface area contributed by atoms with Crippen LogP contribution in [0.15, 0.2) is 182 Å². The molecule has 0 aliphatic carbocycles. The molecule has 0 saturated carbocycles. The molecule has 4 heterocycles. The van der Waals surface area contributed by atoms with Gasteiger partial charge in [-0.25, -0.2) is 15.0 Å². The molecule has 266 valence electrons. The van der Waals surface area contributed by atoms with Crippen molar-refractivity contribution in [1.82, 2.24) is 19.5 Å². The molecule has 12 rings (SSSR count). The van der Waals surface area contributed by atoms with Gasteiger partial charge in [-0.05, 0) is 65.7 Å². The van der Waals surface area contributed by atoms with Crippen LogP contribution < -0.4 is 0 Å². The number of thiophene rings is 2. The molecule has 0 fully saturated rings. The van der Waals surface area contributed by atoms with Gasteiger partial charge in [0.05, 0.1) is 11.0 Å². The minimum atomic E-state index is 0.660. The molecule has 0 atom stereocenters. The molecule has 0 aliphatic heterocycles. The lowest BCUT2D eigenvalue weighted by Gasteiger charge is -2.10. The Hall–Kier alpha value is -6.99. The number of rotatable bonds is 5. The Morgan fingerprint density at radius 3 is 1.47 bits per heavy atom. The first-order valence-corrected chi connectivity index (χ1v) is 20.7. The van der Waals surface area contributed by atoms with Crippen LogP contribution >= 0.6 is 22.7 Å². The van der Waals surface area contributed by atoms with E-state index in [0.717, 1.165) is 16.7 Å². The summed E-state index contributed by atoms with van der Waals surface area (Å²) in [7, 11) is 0. The normalized spacial score (nSPS) is 11.9. The van der Waals surface area contributed by atoms with Gasteiger partial charge < -0.3 is 4.57 Å². The summed E-state index contributed by atoms with van der Waals surface area (Å²) in [5, 5.41) is 7.46. The predicted octanol–water partition coefficient (Wildman–Crippen LogP) is 14.4. The molecular weight excluding hydrogens is 733 g/mol. The highest BCUT2D eigenvalue weighted by Crippen LogP contribution is 2.45. The van der Waals surface area contributed by atoms with Gasteiger partial charge in [-0.3, -0.25) is 0 Å². The second-order valence-corrected chi connectivity index (χ2v) is 16.5. The minimum absolute atomic E-state index is 0.660. The number of para-hydroxylation sites is 2. The summed E-state index contributed by atoms with van der Waals surface area (Å²) in [5.41, 5.74) is 8.94. The highest BCUT2D eigenvalue weighted by molar-refractivity contribution is 7.26. The van der Waals surface area contributed by atoms with Crippen LogP contribution in [0.25, 0.3) is 113 Å². The van der Waals surface area contributed by atoms with Crippen LogP contribution in [0.4, 0.5) is 0 Å². The molecule has 12 aromatic rings. The fourth-order valence-electron chi connectivity index (χ4n) is 8.50. The molecular formula is C51H30N4S2. The molecule has 0 radical (unpaired) electrons. The Kier molecular flexibility index (Phi) is 7.24. The number of benzene rings is 8. The molecule has 0 saturated heterocycles. The standard InChI is InChI=1S/C51H30N4S2/c1-3-13-31(14-4-1)49-52-50(32-15-5-2-6-16-32)54-51(53-49)38-20-12-24-46-48(38)39-29-33(25-27-43(39)56-46)35-19-11-23-45-47(35)40-30-34(26-28-44(40)57-45)55-41-21-9-7-17-36(41)37-18-8-10-22-42(37)55/h1-30H. The van der Waals surface area contributed by atoms with E-state index in [1.807, 2.05) is 59.1 Å². The molecule has 4 aromatic heterocycles. The SMILES string of the molecule is c1ccc(-c2nc(-c3ccccc3)nc(-c3cccc4sc5ccc(-c6cccc7sc8ccc(-n9c%10ccccc%10c%10ccccc%109)cc8c67)cc5c34)n2)cc1. The summed E-state index contributed by atoms with van der Waals surface area (Å²) >= 11 is 3.67. The minimum Gasteiger partial charge on any atom is -0.309 e. The number of nitrogens with zero attached hydrogens (tertiary/aromatic N) is 4. The van der Waals surface area contributed by atoms with Gasteiger partial charge in [-0.2, -0.15) is 0 Å². The van der Waals surface area contributed by atoms with Crippen LogP contribution in [-0.4, -0.2) is 19.5 Å². The van der Waals surface area contributed by atoms with Gasteiger partial charge in [0.2, 0.25) is 0 Å². The van der Waals surface area contributed by atoms with Crippen molar-refractivity contribution in [2.45, 2.75) is 0 Å². The topological polar surface area (TPSA) is 43.6 Å². The van der Waals surface area contributed by atoms with Crippen LogP contribution in [0.1, 0.15) is 0 Å². The second kappa shape index (κ2) is 12.8. The van der Waals surface area contributed by atoms with E-state index in [0.29, 0.717) is 17.5 Å². The maximum atomic E-state index is 5.13. The lowest BCUT2D eigenvalue weighted by molar-refractivity contribution is 1.08. The van der Waals surface area contributed by atoms with E-state index < -0.39 is 0 Å². The van der Waals surface area contributed by atoms with Crippen LogP contribution in [0.3, 0.4) is 0 Å². The van der Waals surface area contributed by atoms with Crippen LogP contribution in [0.2, 0.25) is 0 Å². The third kappa shape index (κ3) is 5.15. The van der Waals surface area contributed by atoms with E-state index in [-0.39, 0.29) is 0 Å². The fourth-order valence-corrected chi connectivity index (χ4v) is 10.7. The van der Waals surface area contributed by atoms with Gasteiger partial charge in [0.1, 0.15) is 0 Å².